The molecule has 0 heterocycles. The van der Waals surface area contributed by atoms with Gasteiger partial charge < -0.3 is 35.7 Å². The first-order valence-corrected chi connectivity index (χ1v) is 8.14. The van der Waals surface area contributed by atoms with Gasteiger partial charge in [0.15, 0.2) is 0 Å². The fourth-order valence-corrected chi connectivity index (χ4v) is 3.01. The summed E-state index contributed by atoms with van der Waals surface area (Å²) >= 11 is 0. The number of nitrogens with one attached hydrogen (secondary N) is 3. The molecular weight excluding hydrogens is 370 g/mol. The Bertz CT molecular complexity index is 501. The smallest absolute Gasteiger partial charge is 0.320 e. The first-order chi connectivity index (χ1) is 12.6. The summed E-state index contributed by atoms with van der Waals surface area (Å²) in [5.41, 5.74) is 0. The van der Waals surface area contributed by atoms with E-state index in [1.165, 1.54) is 0 Å². The van der Waals surface area contributed by atoms with Crippen molar-refractivity contribution in [2.24, 2.45) is 0 Å². The molecule has 13 heteroatoms. The lowest BCUT2D eigenvalue weighted by Gasteiger charge is -2.47. The summed E-state index contributed by atoms with van der Waals surface area (Å²) in [4.78, 5) is 32.8. The third kappa shape index (κ3) is 6.35. The minimum Gasteiger partial charge on any atom is -0.480 e. The molecule has 0 amide bonds. The van der Waals surface area contributed by atoms with Crippen LogP contribution in [0.2, 0.25) is 0 Å². The molecule has 10 N–H and O–H groups in total. The molecule has 0 radical (unpaired) electrons. The van der Waals surface area contributed by atoms with Gasteiger partial charge in [-0.05, 0) is 6.42 Å². The summed E-state index contributed by atoms with van der Waals surface area (Å²) in [5.74, 6) is -3.94. The van der Waals surface area contributed by atoms with Crippen LogP contribution in [0.3, 0.4) is 0 Å². The van der Waals surface area contributed by atoms with E-state index in [0.717, 1.165) is 0 Å². The number of carboxylic acids is 3. The molecule has 0 aliphatic heterocycles. The van der Waals surface area contributed by atoms with Gasteiger partial charge in [0.25, 0.3) is 0 Å². The Labute approximate surface area is 153 Å². The average Bonchev–Trinajstić information content (AvgIpc) is 2.56. The molecule has 1 saturated carbocycles. The topological polar surface area (TPSA) is 229 Å². The van der Waals surface area contributed by atoms with Gasteiger partial charge in [-0.1, -0.05) is 0 Å². The van der Waals surface area contributed by atoms with Gasteiger partial charge in [-0.25, -0.2) is 0 Å². The highest BCUT2D eigenvalue weighted by molar-refractivity contribution is 5.73. The predicted octanol–water partition coefficient (Wildman–Crippen LogP) is -5.04. The second-order valence-corrected chi connectivity index (χ2v) is 6.17. The van der Waals surface area contributed by atoms with Gasteiger partial charge in [-0.3, -0.25) is 30.3 Å². The van der Waals surface area contributed by atoms with Gasteiger partial charge in [-0.2, -0.15) is 0 Å². The molecule has 1 aliphatic rings. The van der Waals surface area contributed by atoms with Crippen molar-refractivity contribution in [1.29, 1.82) is 0 Å². The first kappa shape index (κ1) is 23.2. The van der Waals surface area contributed by atoms with Gasteiger partial charge in [0.1, 0.15) is 6.04 Å². The quantitative estimate of drug-likeness (QED) is 0.158. The SMILES string of the molecule is O=C(O)CN[C@@H]1[C@H](O)[C@H](NCC(=O)O)[C@H](O)[C@H](NC(CCO)C(=O)O)[C@@H]1O. The summed E-state index contributed by atoms with van der Waals surface area (Å²) in [7, 11) is 0. The van der Waals surface area contributed by atoms with Crippen molar-refractivity contribution < 1.29 is 50.1 Å². The van der Waals surface area contributed by atoms with Crippen LogP contribution in [0.5, 0.6) is 0 Å². The molecule has 156 valence electrons. The molecule has 13 nitrogen and oxygen atoms in total. The molecule has 0 aromatic heterocycles. The molecule has 0 aromatic rings. The van der Waals surface area contributed by atoms with Gasteiger partial charge >= 0.3 is 17.9 Å². The van der Waals surface area contributed by atoms with E-state index in [1.54, 1.807) is 0 Å². The van der Waals surface area contributed by atoms with E-state index in [4.69, 9.17) is 15.3 Å². The lowest BCUT2D eigenvalue weighted by molar-refractivity contribution is -0.142. The van der Waals surface area contributed by atoms with Crippen LogP contribution in [-0.4, -0.2) is 116 Å². The fraction of sp³-hybridized carbons (Fsp3) is 0.786. The zero-order valence-electron chi connectivity index (χ0n) is 14.2. The molecule has 0 spiro atoms. The number of aliphatic hydroxyl groups is 4. The Morgan fingerprint density at radius 2 is 1.19 bits per heavy atom. The van der Waals surface area contributed by atoms with E-state index in [-0.39, 0.29) is 6.42 Å². The highest BCUT2D eigenvalue weighted by Crippen LogP contribution is 2.22. The molecule has 27 heavy (non-hydrogen) atoms. The van der Waals surface area contributed by atoms with Gasteiger partial charge in [0.2, 0.25) is 0 Å². The van der Waals surface area contributed by atoms with Gasteiger partial charge in [-0.15, -0.1) is 0 Å². The van der Waals surface area contributed by atoms with Crippen molar-refractivity contribution in [3.05, 3.63) is 0 Å². The van der Waals surface area contributed by atoms with Crippen LogP contribution in [0.25, 0.3) is 0 Å². The largest absolute Gasteiger partial charge is 0.480 e. The zero-order valence-corrected chi connectivity index (χ0v) is 14.2. The normalized spacial score (nSPS) is 32.0. The fourth-order valence-electron chi connectivity index (χ4n) is 3.01. The Balaban J connectivity index is 3.07. The van der Waals surface area contributed by atoms with Crippen molar-refractivity contribution in [2.75, 3.05) is 19.7 Å². The minimum absolute atomic E-state index is 0.242. The van der Waals surface area contributed by atoms with E-state index in [9.17, 15) is 34.8 Å². The molecule has 0 aromatic carbocycles. The lowest BCUT2D eigenvalue weighted by Crippen LogP contribution is -2.75. The summed E-state index contributed by atoms with van der Waals surface area (Å²) < 4.78 is 0. The van der Waals surface area contributed by atoms with E-state index >= 15 is 0 Å². The molecule has 1 rings (SSSR count). The third-order valence-corrected chi connectivity index (χ3v) is 4.30. The maximum Gasteiger partial charge on any atom is 0.320 e. The summed E-state index contributed by atoms with van der Waals surface area (Å²) in [5, 5.41) is 74.1. The van der Waals surface area contributed by atoms with Crippen LogP contribution in [0, 0.1) is 0 Å². The predicted molar refractivity (Wildman–Crippen MR) is 86.9 cm³/mol. The third-order valence-electron chi connectivity index (χ3n) is 4.30. The van der Waals surface area contributed by atoms with E-state index in [0.29, 0.717) is 0 Å². The zero-order chi connectivity index (χ0) is 20.7. The molecular formula is C14H25N3O10. The Morgan fingerprint density at radius 1 is 0.778 bits per heavy atom. The van der Waals surface area contributed by atoms with Crippen LogP contribution in [0.4, 0.5) is 0 Å². The highest BCUT2D eigenvalue weighted by Gasteiger charge is 2.50. The van der Waals surface area contributed by atoms with Crippen LogP contribution in [0.1, 0.15) is 6.42 Å². The number of aliphatic carboxylic acids is 3. The van der Waals surface area contributed by atoms with Crippen LogP contribution >= 0.6 is 0 Å². The van der Waals surface area contributed by atoms with Crippen molar-refractivity contribution in [3.8, 4) is 0 Å². The molecule has 1 fully saturated rings. The number of hydrogen-bond acceptors (Lipinski definition) is 10. The van der Waals surface area contributed by atoms with Gasteiger partial charge in [0, 0.05) is 6.61 Å². The number of aliphatic hydroxyl groups excluding tert-OH is 4. The monoisotopic (exact) mass is 395 g/mol. The van der Waals surface area contributed by atoms with Crippen LogP contribution < -0.4 is 16.0 Å². The van der Waals surface area contributed by atoms with Gasteiger partial charge in [0.05, 0.1) is 49.5 Å². The number of carbonyl (C=O) groups is 3. The number of carboxylic acid groups (broad SMARTS) is 3. The van der Waals surface area contributed by atoms with Crippen molar-refractivity contribution in [2.45, 2.75) is 48.9 Å². The number of hydrogen-bond donors (Lipinski definition) is 10. The van der Waals surface area contributed by atoms with E-state index < -0.39 is 80.1 Å². The van der Waals surface area contributed by atoms with E-state index in [1.807, 2.05) is 0 Å². The van der Waals surface area contributed by atoms with Crippen molar-refractivity contribution in [1.82, 2.24) is 16.0 Å². The molecule has 7 atom stereocenters. The first-order valence-electron chi connectivity index (χ1n) is 8.14. The maximum absolute atomic E-state index is 11.3. The van der Waals surface area contributed by atoms with Crippen molar-refractivity contribution >= 4 is 17.9 Å². The Hall–Kier alpha value is -1.87. The summed E-state index contributed by atoms with van der Waals surface area (Å²) in [6.07, 6.45) is -5.04. The second kappa shape index (κ2) is 10.5. The minimum atomic E-state index is -1.61. The highest BCUT2D eigenvalue weighted by atomic mass is 16.4. The van der Waals surface area contributed by atoms with Crippen molar-refractivity contribution in [3.63, 3.8) is 0 Å². The molecule has 1 unspecified atom stereocenters. The Kier molecular flexibility index (Phi) is 8.98. The Morgan fingerprint density at radius 3 is 1.52 bits per heavy atom. The summed E-state index contributed by atoms with van der Waals surface area (Å²) in [6.45, 7) is -1.79. The van der Waals surface area contributed by atoms with E-state index in [2.05, 4.69) is 16.0 Å². The van der Waals surface area contributed by atoms with Crippen LogP contribution in [-0.2, 0) is 14.4 Å². The van der Waals surface area contributed by atoms with Crippen LogP contribution in [0.15, 0.2) is 0 Å². The lowest BCUT2D eigenvalue weighted by atomic mass is 9.79. The maximum atomic E-state index is 11.3. The second-order valence-electron chi connectivity index (χ2n) is 6.17. The molecule has 1 aliphatic carbocycles. The molecule has 0 bridgehead atoms. The number of rotatable bonds is 11. The molecule has 0 saturated heterocycles. The summed E-state index contributed by atoms with van der Waals surface area (Å²) in [6, 6.07) is -5.33. The standard InChI is InChI=1S/C14H25N3O10/c18-2-1-5(14(26)27)17-10-12(24)8(15-3-6(19)20)11(23)9(13(10)25)16-4-7(21)22/h5,8-13,15-18,23-25H,1-4H2,(H,19,20)(H,21,22)(H,26,27)/t5?,8-,9+,10-,11+,12-,13+. The average molecular weight is 395 g/mol.